The van der Waals surface area contributed by atoms with Gasteiger partial charge in [0.1, 0.15) is 0 Å². The van der Waals surface area contributed by atoms with E-state index in [2.05, 4.69) is 29.2 Å². The molecular weight excluding hydrogens is 388 g/mol. The summed E-state index contributed by atoms with van der Waals surface area (Å²) in [6.07, 6.45) is 0. The molecule has 0 aliphatic heterocycles. The predicted molar refractivity (Wildman–Crippen MR) is 117 cm³/mol. The van der Waals surface area contributed by atoms with E-state index in [-0.39, 0.29) is 5.56 Å². The highest BCUT2D eigenvalue weighted by molar-refractivity contribution is 7.98. The van der Waals surface area contributed by atoms with Crippen LogP contribution in [0.15, 0.2) is 82.7 Å². The van der Waals surface area contributed by atoms with Gasteiger partial charge in [-0.05, 0) is 34.9 Å². The van der Waals surface area contributed by atoms with Crippen LogP contribution in [0.1, 0.15) is 16.8 Å². The number of fused-ring (bicyclic) bond motifs is 1. The van der Waals surface area contributed by atoms with E-state index in [4.69, 9.17) is 11.6 Å². The molecule has 0 aliphatic carbocycles. The van der Waals surface area contributed by atoms with Crippen molar-refractivity contribution in [2.45, 2.75) is 24.4 Å². The first-order chi connectivity index (χ1) is 13.6. The van der Waals surface area contributed by atoms with Crippen molar-refractivity contribution in [2.24, 2.45) is 0 Å². The zero-order chi connectivity index (χ0) is 19.5. The normalized spacial score (nSPS) is 11.1. The summed E-state index contributed by atoms with van der Waals surface area (Å²) in [6.45, 7) is 2.33. The fraction of sp³-hybridized carbons (Fsp3) is 0.130. The molecule has 0 fully saturated rings. The largest absolute Gasteiger partial charge is 0.283 e. The Labute approximate surface area is 173 Å². The molecule has 140 valence electrons. The smallest absolute Gasteiger partial charge is 0.254 e. The van der Waals surface area contributed by atoms with E-state index in [9.17, 15) is 4.79 Å². The van der Waals surface area contributed by atoms with Crippen LogP contribution < -0.4 is 5.56 Å². The SMILES string of the molecule is Cc1cc(=O)n(Cc2cccc3ccccc23)c(SCc2ccccc2Cl)n1. The number of halogens is 1. The lowest BCUT2D eigenvalue weighted by atomic mass is 10.0. The van der Waals surface area contributed by atoms with Gasteiger partial charge in [-0.15, -0.1) is 0 Å². The van der Waals surface area contributed by atoms with Crippen LogP contribution in [0.4, 0.5) is 0 Å². The molecule has 5 heteroatoms. The molecule has 4 rings (SSSR count). The Morgan fingerprint density at radius 3 is 2.54 bits per heavy atom. The van der Waals surface area contributed by atoms with E-state index >= 15 is 0 Å². The second kappa shape index (κ2) is 8.21. The summed E-state index contributed by atoms with van der Waals surface area (Å²) in [5.41, 5.74) is 2.81. The number of nitrogens with zero attached hydrogens (tertiary/aromatic N) is 2. The Hall–Kier alpha value is -2.56. The summed E-state index contributed by atoms with van der Waals surface area (Å²) in [5, 5.41) is 3.75. The first-order valence-corrected chi connectivity index (χ1v) is 10.4. The Morgan fingerprint density at radius 1 is 0.964 bits per heavy atom. The first kappa shape index (κ1) is 18.8. The van der Waals surface area contributed by atoms with Crippen LogP contribution in [0.2, 0.25) is 5.02 Å². The predicted octanol–water partition coefficient (Wildman–Crippen LogP) is 5.70. The highest BCUT2D eigenvalue weighted by Gasteiger charge is 2.11. The molecule has 1 aromatic heterocycles. The molecule has 0 spiro atoms. The molecule has 28 heavy (non-hydrogen) atoms. The summed E-state index contributed by atoms with van der Waals surface area (Å²) in [5.74, 6) is 0.658. The third-order valence-electron chi connectivity index (χ3n) is 4.62. The lowest BCUT2D eigenvalue weighted by Crippen LogP contribution is -2.23. The quantitative estimate of drug-likeness (QED) is 0.315. The van der Waals surface area contributed by atoms with Crippen molar-refractivity contribution < 1.29 is 0 Å². The highest BCUT2D eigenvalue weighted by atomic mass is 35.5. The van der Waals surface area contributed by atoms with E-state index < -0.39 is 0 Å². The van der Waals surface area contributed by atoms with Crippen molar-refractivity contribution in [1.29, 1.82) is 0 Å². The maximum Gasteiger partial charge on any atom is 0.254 e. The topological polar surface area (TPSA) is 34.9 Å². The van der Waals surface area contributed by atoms with E-state index in [1.807, 2.05) is 49.4 Å². The van der Waals surface area contributed by atoms with Crippen molar-refractivity contribution >= 4 is 34.1 Å². The molecule has 0 saturated carbocycles. The molecule has 0 N–H and O–H groups in total. The molecule has 0 bridgehead atoms. The molecule has 0 unspecified atom stereocenters. The second-order valence-corrected chi connectivity index (χ2v) is 7.97. The Morgan fingerprint density at radius 2 is 1.68 bits per heavy atom. The number of rotatable bonds is 5. The number of aromatic nitrogens is 2. The van der Waals surface area contributed by atoms with Crippen molar-refractivity contribution in [1.82, 2.24) is 9.55 Å². The van der Waals surface area contributed by atoms with Crippen molar-refractivity contribution in [3.05, 3.63) is 105 Å². The van der Waals surface area contributed by atoms with E-state index in [1.54, 1.807) is 10.6 Å². The molecule has 0 radical (unpaired) electrons. The van der Waals surface area contributed by atoms with Crippen LogP contribution in [-0.4, -0.2) is 9.55 Å². The van der Waals surface area contributed by atoms with Gasteiger partial charge in [0, 0.05) is 22.5 Å². The fourth-order valence-corrected chi connectivity index (χ4v) is 4.55. The summed E-state index contributed by atoms with van der Waals surface area (Å²) >= 11 is 7.82. The Bertz CT molecular complexity index is 1200. The number of thioether (sulfide) groups is 1. The summed E-state index contributed by atoms with van der Waals surface area (Å²) in [4.78, 5) is 17.4. The molecule has 0 amide bonds. The van der Waals surface area contributed by atoms with Crippen LogP contribution in [0.25, 0.3) is 10.8 Å². The number of aryl methyl sites for hydroxylation is 1. The van der Waals surface area contributed by atoms with Gasteiger partial charge >= 0.3 is 0 Å². The minimum Gasteiger partial charge on any atom is -0.283 e. The van der Waals surface area contributed by atoms with Gasteiger partial charge in [-0.2, -0.15) is 0 Å². The van der Waals surface area contributed by atoms with Gasteiger partial charge in [-0.1, -0.05) is 84.0 Å². The maximum absolute atomic E-state index is 12.8. The molecule has 1 heterocycles. The number of hydrogen-bond acceptors (Lipinski definition) is 3. The third kappa shape index (κ3) is 3.98. The molecule has 3 nitrogen and oxygen atoms in total. The summed E-state index contributed by atoms with van der Waals surface area (Å²) in [7, 11) is 0. The van der Waals surface area contributed by atoms with Gasteiger partial charge in [-0.25, -0.2) is 4.98 Å². The van der Waals surface area contributed by atoms with E-state index in [0.717, 1.165) is 27.2 Å². The maximum atomic E-state index is 12.8. The lowest BCUT2D eigenvalue weighted by Gasteiger charge is -2.14. The van der Waals surface area contributed by atoms with Crippen LogP contribution in [0.5, 0.6) is 0 Å². The monoisotopic (exact) mass is 406 g/mol. The third-order valence-corrected chi connectivity index (χ3v) is 6.02. The summed E-state index contributed by atoms with van der Waals surface area (Å²) in [6, 6.07) is 23.8. The van der Waals surface area contributed by atoms with Crippen molar-refractivity contribution in [3.63, 3.8) is 0 Å². The lowest BCUT2D eigenvalue weighted by molar-refractivity contribution is 0.641. The molecule has 4 aromatic rings. The van der Waals surface area contributed by atoms with Crippen LogP contribution in [0, 0.1) is 6.92 Å². The molecule has 0 saturated heterocycles. The fourth-order valence-electron chi connectivity index (χ4n) is 3.21. The van der Waals surface area contributed by atoms with Gasteiger partial charge in [0.25, 0.3) is 5.56 Å². The summed E-state index contributed by atoms with van der Waals surface area (Å²) < 4.78 is 1.75. The minimum atomic E-state index is -0.0397. The molecular formula is C23H19ClN2OS. The van der Waals surface area contributed by atoms with Crippen LogP contribution >= 0.6 is 23.4 Å². The van der Waals surface area contributed by atoms with E-state index in [1.165, 1.54) is 17.1 Å². The van der Waals surface area contributed by atoms with Crippen LogP contribution in [-0.2, 0) is 12.3 Å². The molecule has 0 atom stereocenters. The molecule has 3 aromatic carbocycles. The average Bonchev–Trinajstić information content (AvgIpc) is 2.70. The zero-order valence-electron chi connectivity index (χ0n) is 15.4. The number of benzene rings is 3. The van der Waals surface area contributed by atoms with Crippen molar-refractivity contribution in [3.8, 4) is 0 Å². The minimum absolute atomic E-state index is 0.0397. The average molecular weight is 407 g/mol. The first-order valence-electron chi connectivity index (χ1n) is 9.03. The Balaban J connectivity index is 1.70. The standard InChI is InChI=1S/C23H19ClN2OS/c1-16-13-22(27)26(14-18-10-6-9-17-7-2-4-11-20(17)18)23(25-16)28-15-19-8-3-5-12-21(19)24/h2-13H,14-15H2,1H3. The van der Waals surface area contributed by atoms with E-state index in [0.29, 0.717) is 17.5 Å². The van der Waals surface area contributed by atoms with Crippen LogP contribution in [0.3, 0.4) is 0 Å². The van der Waals surface area contributed by atoms with Gasteiger partial charge < -0.3 is 0 Å². The van der Waals surface area contributed by atoms with Gasteiger partial charge in [-0.3, -0.25) is 9.36 Å². The Kier molecular flexibility index (Phi) is 5.51. The van der Waals surface area contributed by atoms with Crippen molar-refractivity contribution in [2.75, 3.05) is 0 Å². The number of hydrogen-bond donors (Lipinski definition) is 0. The zero-order valence-corrected chi connectivity index (χ0v) is 17.0. The highest BCUT2D eigenvalue weighted by Crippen LogP contribution is 2.26. The van der Waals surface area contributed by atoms with Gasteiger partial charge in [0.15, 0.2) is 5.16 Å². The van der Waals surface area contributed by atoms with Gasteiger partial charge in [0.2, 0.25) is 0 Å². The second-order valence-electron chi connectivity index (χ2n) is 6.62. The molecule has 0 aliphatic rings. The van der Waals surface area contributed by atoms with Gasteiger partial charge in [0.05, 0.1) is 6.54 Å².